The summed E-state index contributed by atoms with van der Waals surface area (Å²) in [5.74, 6) is -0.302. The molecule has 2 nitrogen and oxygen atoms in total. The number of aromatic amines is 1. The molecule has 0 aliphatic heterocycles. The monoisotopic (exact) mass is 336 g/mol. The summed E-state index contributed by atoms with van der Waals surface area (Å²) < 4.78 is 17.1. The number of nitrogens with zero attached hydrogens (tertiary/aromatic N) is 1. The zero-order chi connectivity index (χ0) is 13.6. The first-order valence-electron chi connectivity index (χ1n) is 5.73. The summed E-state index contributed by atoms with van der Waals surface area (Å²) in [4.78, 5) is 3.11. The number of para-hydroxylation sites is 1. The van der Waals surface area contributed by atoms with Crippen molar-refractivity contribution >= 4 is 39.2 Å². The molecule has 0 spiro atoms. The van der Waals surface area contributed by atoms with Gasteiger partial charge in [0.15, 0.2) is 4.77 Å². The molecule has 1 heterocycles. The molecule has 0 aliphatic carbocycles. The van der Waals surface area contributed by atoms with Gasteiger partial charge in [0.1, 0.15) is 5.82 Å². The van der Waals surface area contributed by atoms with Crippen LogP contribution in [0.15, 0.2) is 40.9 Å². The van der Waals surface area contributed by atoms with Crippen molar-refractivity contribution < 1.29 is 4.39 Å². The van der Waals surface area contributed by atoms with Gasteiger partial charge in [-0.25, -0.2) is 4.39 Å². The third-order valence-corrected chi connectivity index (χ3v) is 3.83. The number of nitrogens with one attached hydrogen (secondary N) is 1. The smallest absolute Gasteiger partial charge is 0.182 e. The molecule has 19 heavy (non-hydrogen) atoms. The van der Waals surface area contributed by atoms with Crippen LogP contribution < -0.4 is 0 Å². The number of imidazole rings is 1. The minimum absolute atomic E-state index is 0.302. The molecule has 0 saturated heterocycles. The minimum atomic E-state index is -0.302. The quantitative estimate of drug-likeness (QED) is 0.627. The predicted molar refractivity (Wildman–Crippen MR) is 80.9 cm³/mol. The predicted octanol–water partition coefficient (Wildman–Crippen LogP) is 4.90. The van der Waals surface area contributed by atoms with E-state index in [9.17, 15) is 4.39 Å². The van der Waals surface area contributed by atoms with Crippen LogP contribution in [-0.4, -0.2) is 9.55 Å². The van der Waals surface area contributed by atoms with Crippen molar-refractivity contribution in [3.63, 3.8) is 0 Å². The van der Waals surface area contributed by atoms with Gasteiger partial charge in [-0.2, -0.15) is 0 Å². The lowest BCUT2D eigenvalue weighted by atomic mass is 10.2. The largest absolute Gasteiger partial charge is 0.330 e. The zero-order valence-electron chi connectivity index (χ0n) is 10.1. The number of hydrogen-bond acceptors (Lipinski definition) is 1. The second-order valence-corrected chi connectivity index (χ2v) is 5.63. The average molecular weight is 337 g/mol. The van der Waals surface area contributed by atoms with Crippen molar-refractivity contribution in [1.29, 1.82) is 0 Å². The summed E-state index contributed by atoms with van der Waals surface area (Å²) in [5, 5.41) is 0. The second kappa shape index (κ2) is 4.58. The van der Waals surface area contributed by atoms with E-state index in [0.29, 0.717) is 10.5 Å². The highest BCUT2D eigenvalue weighted by molar-refractivity contribution is 9.10. The highest BCUT2D eigenvalue weighted by Crippen LogP contribution is 2.26. The maximum atomic E-state index is 14.1. The summed E-state index contributed by atoms with van der Waals surface area (Å²) in [5.41, 5.74) is 3.30. The number of aromatic nitrogens is 2. The van der Waals surface area contributed by atoms with Crippen LogP contribution in [0.25, 0.3) is 16.7 Å². The van der Waals surface area contributed by atoms with Crippen molar-refractivity contribution in [2.45, 2.75) is 6.92 Å². The van der Waals surface area contributed by atoms with E-state index < -0.39 is 0 Å². The average Bonchev–Trinajstić information content (AvgIpc) is 2.70. The standard InChI is InChI=1S/C14H10BrFN2S/c1-8-3-2-4-11-13(8)18(14(19)17-11)12-7-9(15)5-6-10(12)16/h2-7H,1H3,(H,17,19). The lowest BCUT2D eigenvalue weighted by Gasteiger charge is -2.08. The Morgan fingerprint density at radius 1 is 1.26 bits per heavy atom. The van der Waals surface area contributed by atoms with Crippen LogP contribution in [0, 0.1) is 17.5 Å². The fourth-order valence-corrected chi connectivity index (χ4v) is 2.86. The van der Waals surface area contributed by atoms with Gasteiger partial charge >= 0.3 is 0 Å². The molecule has 1 aromatic heterocycles. The van der Waals surface area contributed by atoms with Gasteiger partial charge < -0.3 is 4.98 Å². The fourth-order valence-electron chi connectivity index (χ4n) is 2.22. The van der Waals surface area contributed by atoms with Crippen LogP contribution in [-0.2, 0) is 0 Å². The van der Waals surface area contributed by atoms with Crippen molar-refractivity contribution in [3.05, 3.63) is 57.0 Å². The first-order valence-corrected chi connectivity index (χ1v) is 6.94. The van der Waals surface area contributed by atoms with Gasteiger partial charge in [-0.15, -0.1) is 0 Å². The summed E-state index contributed by atoms with van der Waals surface area (Å²) in [6.45, 7) is 1.98. The number of rotatable bonds is 1. The summed E-state index contributed by atoms with van der Waals surface area (Å²) in [7, 11) is 0. The van der Waals surface area contributed by atoms with E-state index in [1.165, 1.54) is 6.07 Å². The lowest BCUT2D eigenvalue weighted by Crippen LogP contribution is -1.99. The van der Waals surface area contributed by atoms with Gasteiger partial charge in [0.25, 0.3) is 0 Å². The van der Waals surface area contributed by atoms with Crippen LogP contribution in [0.4, 0.5) is 4.39 Å². The molecule has 1 N–H and O–H groups in total. The van der Waals surface area contributed by atoms with Gasteiger partial charge in [-0.1, -0.05) is 28.1 Å². The van der Waals surface area contributed by atoms with Crippen LogP contribution in [0.3, 0.4) is 0 Å². The number of benzene rings is 2. The van der Waals surface area contributed by atoms with Crippen LogP contribution in [0.2, 0.25) is 0 Å². The Kier molecular flexibility index (Phi) is 3.03. The zero-order valence-corrected chi connectivity index (χ0v) is 12.5. The lowest BCUT2D eigenvalue weighted by molar-refractivity contribution is 0.618. The highest BCUT2D eigenvalue weighted by Gasteiger charge is 2.12. The molecular formula is C14H10BrFN2S. The molecule has 3 rings (SSSR count). The molecule has 96 valence electrons. The first-order chi connectivity index (χ1) is 9.08. The minimum Gasteiger partial charge on any atom is -0.330 e. The molecule has 5 heteroatoms. The van der Waals surface area contributed by atoms with E-state index in [1.54, 1.807) is 16.7 Å². The summed E-state index contributed by atoms with van der Waals surface area (Å²) >= 11 is 8.69. The second-order valence-electron chi connectivity index (χ2n) is 4.33. The van der Waals surface area contributed by atoms with Crippen LogP contribution in [0.5, 0.6) is 0 Å². The molecule has 0 radical (unpaired) electrons. The molecule has 0 saturated carbocycles. The third kappa shape index (κ3) is 2.03. The Bertz CT molecular complexity index is 835. The Labute approximate surface area is 123 Å². The molecule has 3 aromatic rings. The maximum Gasteiger partial charge on any atom is 0.182 e. The Morgan fingerprint density at radius 3 is 2.84 bits per heavy atom. The molecule has 0 atom stereocenters. The number of halogens is 2. The highest BCUT2D eigenvalue weighted by atomic mass is 79.9. The molecule has 0 bridgehead atoms. The molecule has 0 fully saturated rings. The van der Waals surface area contributed by atoms with Gasteiger partial charge in [0.05, 0.1) is 16.7 Å². The van der Waals surface area contributed by atoms with Gasteiger partial charge in [-0.3, -0.25) is 4.57 Å². The fraction of sp³-hybridized carbons (Fsp3) is 0.0714. The van der Waals surface area contributed by atoms with Crippen molar-refractivity contribution in [2.24, 2.45) is 0 Å². The van der Waals surface area contributed by atoms with E-state index in [2.05, 4.69) is 20.9 Å². The topological polar surface area (TPSA) is 20.7 Å². The first kappa shape index (κ1) is 12.6. The molecule has 0 unspecified atom stereocenters. The number of H-pyrrole nitrogens is 1. The summed E-state index contributed by atoms with van der Waals surface area (Å²) in [6, 6.07) is 10.7. The Morgan fingerprint density at radius 2 is 2.05 bits per heavy atom. The Hall–Kier alpha value is -1.46. The normalized spacial score (nSPS) is 11.1. The van der Waals surface area contributed by atoms with Gasteiger partial charge in [0, 0.05) is 4.47 Å². The number of aryl methyl sites for hydroxylation is 1. The third-order valence-electron chi connectivity index (χ3n) is 3.06. The van der Waals surface area contributed by atoms with Gasteiger partial charge in [-0.05, 0) is 49.0 Å². The Balaban J connectivity index is 2.46. The molecule has 2 aromatic carbocycles. The molecule has 0 amide bonds. The SMILES string of the molecule is Cc1cccc2[nH]c(=S)n(-c3cc(Br)ccc3F)c12. The van der Waals surface area contributed by atoms with E-state index in [4.69, 9.17) is 12.2 Å². The van der Waals surface area contributed by atoms with Gasteiger partial charge in [0.2, 0.25) is 0 Å². The van der Waals surface area contributed by atoms with Crippen LogP contribution >= 0.6 is 28.1 Å². The van der Waals surface area contributed by atoms with Crippen molar-refractivity contribution in [1.82, 2.24) is 9.55 Å². The molecule has 0 aliphatic rings. The van der Waals surface area contributed by atoms with Crippen molar-refractivity contribution in [3.8, 4) is 5.69 Å². The summed E-state index contributed by atoms with van der Waals surface area (Å²) in [6.07, 6.45) is 0. The number of hydrogen-bond donors (Lipinski definition) is 1. The van der Waals surface area contributed by atoms with E-state index in [0.717, 1.165) is 21.1 Å². The van der Waals surface area contributed by atoms with Crippen LogP contribution in [0.1, 0.15) is 5.56 Å². The molecular weight excluding hydrogens is 327 g/mol. The number of fused-ring (bicyclic) bond motifs is 1. The maximum absolute atomic E-state index is 14.1. The van der Waals surface area contributed by atoms with E-state index in [-0.39, 0.29) is 5.82 Å². The van der Waals surface area contributed by atoms with E-state index >= 15 is 0 Å². The van der Waals surface area contributed by atoms with Crippen molar-refractivity contribution in [2.75, 3.05) is 0 Å². The van der Waals surface area contributed by atoms with E-state index in [1.807, 2.05) is 25.1 Å².